The summed E-state index contributed by atoms with van der Waals surface area (Å²) in [5.74, 6) is -1.18. The van der Waals surface area contributed by atoms with Crippen LogP contribution in [-0.4, -0.2) is 32.1 Å². The molecule has 0 aromatic carbocycles. The van der Waals surface area contributed by atoms with E-state index in [9.17, 15) is 0 Å². The molecular weight excluding hydrogens is 324 g/mol. The van der Waals surface area contributed by atoms with Crippen molar-refractivity contribution in [3.8, 4) is 22.9 Å². The second kappa shape index (κ2) is 6.71. The van der Waals surface area contributed by atoms with Crippen LogP contribution >= 0.6 is 0 Å². The molecule has 0 unspecified atom stereocenters. The zero-order valence-corrected chi connectivity index (χ0v) is 12.4. The first-order valence-electron chi connectivity index (χ1n) is 9.64. The number of oxime groups is 2. The largest absolute Gasteiger partial charge is 0.453 e. The maximum atomic E-state index is 8.79. The second-order valence-electron chi connectivity index (χ2n) is 4.53. The summed E-state index contributed by atoms with van der Waals surface area (Å²) in [7, 11) is 0. The number of pyridine rings is 2. The molecule has 0 radical (unpaired) electrons. The predicted molar refractivity (Wildman–Crippen MR) is 90.2 cm³/mol. The van der Waals surface area contributed by atoms with E-state index in [4.69, 9.17) is 34.5 Å². The van der Waals surface area contributed by atoms with Gasteiger partial charge in [0.25, 0.3) is 0 Å². The number of rotatable bonds is 4. The lowest BCUT2D eigenvalue weighted by Gasteiger charge is -2.01. The summed E-state index contributed by atoms with van der Waals surface area (Å²) >= 11 is 0. The standard InChI is InChI=1S/C16H14N6O3/c17-15(21-23)9-1-3-11(19-7-9)13-5-6-14(25-13)12-4-2-10(8-20-12)16(18)22-24/h1-8,23-24H,(H2,17,21)(H2,18,22)/i1D,2D,3D,4D,7D,8D. The van der Waals surface area contributed by atoms with E-state index in [-0.39, 0.29) is 34.0 Å². The lowest BCUT2D eigenvalue weighted by atomic mass is 10.2. The zero-order valence-electron chi connectivity index (χ0n) is 18.4. The minimum Gasteiger partial charge on any atom is -0.453 e. The van der Waals surface area contributed by atoms with Crippen LogP contribution in [-0.2, 0) is 0 Å². The molecule has 0 spiro atoms. The molecule has 0 bridgehead atoms. The van der Waals surface area contributed by atoms with Crippen molar-refractivity contribution < 1.29 is 23.1 Å². The molecule has 3 rings (SSSR count). The SMILES string of the molecule is [2H]c1nc(-c2ccc(-c3nc([2H])c(/C(N)=N\O)c([2H])c3[2H])o2)c([2H])c([2H])c1/C(N)=N\O. The molecule has 0 aliphatic heterocycles. The Morgan fingerprint density at radius 2 is 1.32 bits per heavy atom. The van der Waals surface area contributed by atoms with Crippen LogP contribution in [0.2, 0.25) is 0 Å². The van der Waals surface area contributed by atoms with Gasteiger partial charge in [-0.15, -0.1) is 0 Å². The number of aromatic nitrogens is 2. The number of furan rings is 1. The summed E-state index contributed by atoms with van der Waals surface area (Å²) in [6, 6.07) is 0.775. The average molecular weight is 344 g/mol. The van der Waals surface area contributed by atoms with Crippen molar-refractivity contribution in [3.63, 3.8) is 0 Å². The van der Waals surface area contributed by atoms with Crippen LogP contribution in [0.4, 0.5) is 0 Å². The van der Waals surface area contributed by atoms with Crippen LogP contribution in [0.3, 0.4) is 0 Å². The van der Waals surface area contributed by atoms with Gasteiger partial charge in [-0.1, -0.05) is 10.3 Å². The molecule has 25 heavy (non-hydrogen) atoms. The maximum absolute atomic E-state index is 8.79. The Morgan fingerprint density at radius 3 is 1.72 bits per heavy atom. The fourth-order valence-electron chi connectivity index (χ4n) is 1.75. The van der Waals surface area contributed by atoms with Crippen molar-refractivity contribution in [1.82, 2.24) is 9.97 Å². The molecule has 0 aliphatic carbocycles. The van der Waals surface area contributed by atoms with Gasteiger partial charge in [0.1, 0.15) is 11.4 Å². The highest BCUT2D eigenvalue weighted by molar-refractivity contribution is 5.97. The minimum absolute atomic E-state index is 0.0483. The Balaban J connectivity index is 2.14. The van der Waals surface area contributed by atoms with Crippen molar-refractivity contribution >= 4 is 11.7 Å². The molecule has 0 amide bonds. The van der Waals surface area contributed by atoms with E-state index in [2.05, 4.69) is 20.3 Å². The quantitative estimate of drug-likeness (QED) is 0.242. The molecule has 0 saturated carbocycles. The Labute approximate surface area is 150 Å². The van der Waals surface area contributed by atoms with E-state index >= 15 is 0 Å². The highest BCUT2D eigenvalue weighted by atomic mass is 16.4. The van der Waals surface area contributed by atoms with Crippen LogP contribution in [0.1, 0.15) is 19.4 Å². The fourth-order valence-corrected chi connectivity index (χ4v) is 1.75. The summed E-state index contributed by atoms with van der Waals surface area (Å²) < 4.78 is 53.6. The van der Waals surface area contributed by atoms with Gasteiger partial charge in [0, 0.05) is 23.5 Å². The highest BCUT2D eigenvalue weighted by Crippen LogP contribution is 2.26. The third-order valence-corrected chi connectivity index (χ3v) is 2.97. The van der Waals surface area contributed by atoms with Crippen LogP contribution < -0.4 is 11.5 Å². The summed E-state index contributed by atoms with van der Waals surface area (Å²) in [6.45, 7) is 0. The number of hydrogen-bond donors (Lipinski definition) is 4. The smallest absolute Gasteiger partial charge is 0.171 e. The topological polar surface area (TPSA) is 156 Å². The first-order valence-corrected chi connectivity index (χ1v) is 6.64. The van der Waals surface area contributed by atoms with E-state index in [1.807, 2.05) is 0 Å². The van der Waals surface area contributed by atoms with Gasteiger partial charge in [-0.2, -0.15) is 0 Å². The van der Waals surface area contributed by atoms with Gasteiger partial charge in [-0.25, -0.2) is 0 Å². The molecule has 0 aliphatic rings. The van der Waals surface area contributed by atoms with Gasteiger partial charge in [-0.05, 0) is 36.3 Å². The Bertz CT molecular complexity index is 1170. The van der Waals surface area contributed by atoms with Crippen molar-refractivity contribution in [1.29, 1.82) is 0 Å². The molecule has 126 valence electrons. The van der Waals surface area contributed by atoms with Gasteiger partial charge in [-0.3, -0.25) is 9.97 Å². The van der Waals surface area contributed by atoms with Crippen molar-refractivity contribution in [3.05, 3.63) is 59.8 Å². The molecule has 3 aromatic heterocycles. The lowest BCUT2D eigenvalue weighted by Crippen LogP contribution is -2.13. The normalized spacial score (nSPS) is 15.7. The van der Waals surface area contributed by atoms with E-state index in [1.54, 1.807) is 0 Å². The predicted octanol–water partition coefficient (Wildman–Crippen LogP) is 1.59. The Morgan fingerprint density at radius 1 is 0.880 bits per heavy atom. The Kier molecular flexibility index (Phi) is 2.70. The second-order valence-corrected chi connectivity index (χ2v) is 4.53. The average Bonchev–Trinajstić information content (AvgIpc) is 3.22. The first-order chi connectivity index (χ1) is 14.6. The van der Waals surface area contributed by atoms with E-state index in [0.717, 1.165) is 0 Å². The van der Waals surface area contributed by atoms with Crippen LogP contribution in [0.5, 0.6) is 0 Å². The molecule has 0 saturated heterocycles. The van der Waals surface area contributed by atoms with E-state index in [1.165, 1.54) is 12.1 Å². The molecule has 3 heterocycles. The van der Waals surface area contributed by atoms with Crippen LogP contribution in [0.25, 0.3) is 22.9 Å². The van der Waals surface area contributed by atoms with Crippen molar-refractivity contribution in [2.45, 2.75) is 0 Å². The highest BCUT2D eigenvalue weighted by Gasteiger charge is 2.10. The third kappa shape index (κ3) is 3.24. The first kappa shape index (κ1) is 10.1. The summed E-state index contributed by atoms with van der Waals surface area (Å²) in [6.07, 6.45) is -1.04. The fraction of sp³-hybridized carbons (Fsp3) is 0. The van der Waals surface area contributed by atoms with Crippen molar-refractivity contribution in [2.75, 3.05) is 0 Å². The number of amidine groups is 2. The van der Waals surface area contributed by atoms with Gasteiger partial charge < -0.3 is 26.3 Å². The lowest BCUT2D eigenvalue weighted by molar-refractivity contribution is 0.318. The summed E-state index contributed by atoms with van der Waals surface area (Å²) in [5.41, 5.74) is 9.85. The summed E-state index contributed by atoms with van der Waals surface area (Å²) in [5, 5.41) is 23.0. The van der Waals surface area contributed by atoms with E-state index < -0.39 is 48.2 Å². The molecule has 3 aromatic rings. The molecule has 6 N–H and O–H groups in total. The summed E-state index contributed by atoms with van der Waals surface area (Å²) in [4.78, 5) is 7.76. The molecule has 0 atom stereocenters. The van der Waals surface area contributed by atoms with E-state index in [0.29, 0.717) is 0 Å². The minimum atomic E-state index is -0.539. The molecular formula is C16H14N6O3. The molecule has 9 nitrogen and oxygen atoms in total. The molecule has 9 heteroatoms. The van der Waals surface area contributed by atoms with Crippen molar-refractivity contribution in [2.24, 2.45) is 21.8 Å². The van der Waals surface area contributed by atoms with Gasteiger partial charge in [0.15, 0.2) is 23.2 Å². The van der Waals surface area contributed by atoms with Gasteiger partial charge >= 0.3 is 0 Å². The number of nitrogens with two attached hydrogens (primary N) is 2. The Hall–Kier alpha value is -3.88. The number of hydrogen-bond acceptors (Lipinski definition) is 7. The van der Waals surface area contributed by atoms with Gasteiger partial charge in [0.2, 0.25) is 0 Å². The van der Waals surface area contributed by atoms with Crippen LogP contribution in [0.15, 0.2) is 63.4 Å². The van der Waals surface area contributed by atoms with Gasteiger partial charge in [0.05, 0.1) is 8.22 Å². The monoisotopic (exact) mass is 344 g/mol. The molecule has 0 fully saturated rings. The zero-order chi connectivity index (χ0) is 23.0. The number of nitrogens with zero attached hydrogens (tertiary/aromatic N) is 4. The van der Waals surface area contributed by atoms with Crippen LogP contribution in [0, 0.1) is 0 Å². The maximum Gasteiger partial charge on any atom is 0.171 e. The third-order valence-electron chi connectivity index (χ3n) is 2.97.